The summed E-state index contributed by atoms with van der Waals surface area (Å²) in [6, 6.07) is 6.49. The Balaban J connectivity index is 1.56. The van der Waals surface area contributed by atoms with Gasteiger partial charge in [-0.05, 0) is 43.0 Å². The highest BCUT2D eigenvalue weighted by molar-refractivity contribution is 6.33. The van der Waals surface area contributed by atoms with E-state index in [2.05, 4.69) is 40.2 Å². The summed E-state index contributed by atoms with van der Waals surface area (Å²) >= 11 is 6.49. The molecule has 1 aromatic carbocycles. The zero-order chi connectivity index (χ0) is 14.7. The number of anilines is 1. The molecular weight excluding hydrogens is 282 g/mol. The van der Waals surface area contributed by atoms with Crippen LogP contribution in [0.1, 0.15) is 25.3 Å². The summed E-state index contributed by atoms with van der Waals surface area (Å²) in [6.45, 7) is 9.85. The molecule has 1 heterocycles. The molecule has 0 aromatic heterocycles. The maximum Gasteiger partial charge on any atom is 0.0642 e. The van der Waals surface area contributed by atoms with Crippen molar-refractivity contribution >= 4 is 17.3 Å². The van der Waals surface area contributed by atoms with Crippen molar-refractivity contribution in [3.63, 3.8) is 0 Å². The lowest BCUT2D eigenvalue weighted by atomic mass is 10.1. The summed E-state index contributed by atoms with van der Waals surface area (Å²) in [4.78, 5) is 5.05. The summed E-state index contributed by atoms with van der Waals surface area (Å²) < 4.78 is 0. The third kappa shape index (κ3) is 4.12. The second kappa shape index (κ2) is 6.99. The van der Waals surface area contributed by atoms with Gasteiger partial charge in [0.2, 0.25) is 0 Å². The molecule has 4 heteroatoms. The number of hydrogen-bond donors (Lipinski definition) is 1. The molecule has 1 saturated carbocycles. The normalized spacial score (nSPS) is 20.0. The van der Waals surface area contributed by atoms with Gasteiger partial charge in [-0.15, -0.1) is 0 Å². The molecule has 2 aliphatic rings. The standard InChI is InChI=1S/C17H26ClN3/c1-2-19-12-15-5-6-17(16(18)11-15)21-9-7-20(8-10-21)13-14-3-4-14/h5-6,11,14,19H,2-4,7-10,12-13H2,1H3. The summed E-state index contributed by atoms with van der Waals surface area (Å²) in [5.74, 6) is 0.991. The lowest BCUT2D eigenvalue weighted by Gasteiger charge is -2.36. The first kappa shape index (κ1) is 15.1. The molecule has 0 bridgehead atoms. The number of rotatable bonds is 6. The van der Waals surface area contributed by atoms with Crippen molar-refractivity contribution in [3.8, 4) is 0 Å². The van der Waals surface area contributed by atoms with Gasteiger partial charge in [-0.2, -0.15) is 0 Å². The highest BCUT2D eigenvalue weighted by Crippen LogP contribution is 2.31. The van der Waals surface area contributed by atoms with E-state index in [0.717, 1.165) is 37.1 Å². The Morgan fingerprint density at radius 1 is 1.19 bits per heavy atom. The lowest BCUT2D eigenvalue weighted by molar-refractivity contribution is 0.248. The number of hydrogen-bond acceptors (Lipinski definition) is 3. The zero-order valence-electron chi connectivity index (χ0n) is 12.9. The smallest absolute Gasteiger partial charge is 0.0642 e. The Morgan fingerprint density at radius 2 is 1.95 bits per heavy atom. The predicted octanol–water partition coefficient (Wildman–Crippen LogP) is 2.98. The van der Waals surface area contributed by atoms with Gasteiger partial charge >= 0.3 is 0 Å². The average molecular weight is 308 g/mol. The molecule has 0 spiro atoms. The molecular formula is C17H26ClN3. The van der Waals surface area contributed by atoms with Crippen LogP contribution < -0.4 is 10.2 Å². The molecule has 1 aromatic rings. The quantitative estimate of drug-likeness (QED) is 0.871. The first-order valence-electron chi connectivity index (χ1n) is 8.22. The lowest BCUT2D eigenvalue weighted by Crippen LogP contribution is -2.47. The van der Waals surface area contributed by atoms with Gasteiger partial charge < -0.3 is 10.2 Å². The van der Waals surface area contributed by atoms with Crippen LogP contribution in [0, 0.1) is 5.92 Å². The fourth-order valence-corrected chi connectivity index (χ4v) is 3.35. The van der Waals surface area contributed by atoms with Crippen molar-refractivity contribution in [1.82, 2.24) is 10.2 Å². The predicted molar refractivity (Wildman–Crippen MR) is 90.2 cm³/mol. The van der Waals surface area contributed by atoms with E-state index in [4.69, 9.17) is 11.6 Å². The van der Waals surface area contributed by atoms with Gasteiger partial charge in [-0.1, -0.05) is 24.6 Å². The van der Waals surface area contributed by atoms with Crippen LogP contribution in [0.5, 0.6) is 0 Å². The van der Waals surface area contributed by atoms with E-state index in [0.29, 0.717) is 0 Å². The van der Waals surface area contributed by atoms with E-state index in [9.17, 15) is 0 Å². The third-order valence-corrected chi connectivity index (χ3v) is 4.82. The largest absolute Gasteiger partial charge is 0.368 e. The number of benzene rings is 1. The Hall–Kier alpha value is -0.770. The van der Waals surface area contributed by atoms with Crippen molar-refractivity contribution in [2.45, 2.75) is 26.3 Å². The molecule has 2 fully saturated rings. The van der Waals surface area contributed by atoms with Gasteiger partial charge in [0.1, 0.15) is 0 Å². The molecule has 1 saturated heterocycles. The number of halogens is 1. The van der Waals surface area contributed by atoms with Crippen molar-refractivity contribution in [3.05, 3.63) is 28.8 Å². The summed E-state index contributed by atoms with van der Waals surface area (Å²) in [6.07, 6.45) is 2.89. The molecule has 0 amide bonds. The first-order chi connectivity index (χ1) is 10.3. The van der Waals surface area contributed by atoms with Crippen LogP contribution in [0.15, 0.2) is 18.2 Å². The molecule has 21 heavy (non-hydrogen) atoms. The van der Waals surface area contributed by atoms with E-state index in [-0.39, 0.29) is 0 Å². The molecule has 0 atom stereocenters. The minimum absolute atomic E-state index is 0.890. The molecule has 0 unspecified atom stereocenters. The summed E-state index contributed by atoms with van der Waals surface area (Å²) in [5, 5.41) is 4.23. The van der Waals surface area contributed by atoms with Gasteiger partial charge in [0, 0.05) is 39.3 Å². The van der Waals surface area contributed by atoms with Crippen molar-refractivity contribution in [2.24, 2.45) is 5.92 Å². The fraction of sp³-hybridized carbons (Fsp3) is 0.647. The highest BCUT2D eigenvalue weighted by atomic mass is 35.5. The molecule has 3 nitrogen and oxygen atoms in total. The first-order valence-corrected chi connectivity index (χ1v) is 8.60. The van der Waals surface area contributed by atoms with Crippen LogP contribution >= 0.6 is 11.6 Å². The van der Waals surface area contributed by atoms with Crippen LogP contribution in [0.25, 0.3) is 0 Å². The molecule has 3 rings (SSSR count). The second-order valence-corrected chi connectivity index (χ2v) is 6.70. The van der Waals surface area contributed by atoms with Gasteiger partial charge in [0.05, 0.1) is 10.7 Å². The molecule has 1 aliphatic carbocycles. The maximum atomic E-state index is 6.49. The van der Waals surface area contributed by atoms with Gasteiger partial charge in [-0.3, -0.25) is 4.90 Å². The Labute approximate surface area is 133 Å². The molecule has 1 aliphatic heterocycles. The minimum Gasteiger partial charge on any atom is -0.368 e. The minimum atomic E-state index is 0.890. The van der Waals surface area contributed by atoms with Gasteiger partial charge in [-0.25, -0.2) is 0 Å². The monoisotopic (exact) mass is 307 g/mol. The Kier molecular flexibility index (Phi) is 5.04. The van der Waals surface area contributed by atoms with Gasteiger partial charge in [0.25, 0.3) is 0 Å². The SMILES string of the molecule is CCNCc1ccc(N2CCN(CC3CC3)CC2)c(Cl)c1. The van der Waals surface area contributed by atoms with E-state index in [1.54, 1.807) is 0 Å². The Bertz CT molecular complexity index is 465. The third-order valence-electron chi connectivity index (χ3n) is 4.52. The van der Waals surface area contributed by atoms with Crippen LogP contribution in [-0.4, -0.2) is 44.2 Å². The van der Waals surface area contributed by atoms with E-state index < -0.39 is 0 Å². The van der Waals surface area contributed by atoms with Crippen LogP contribution in [-0.2, 0) is 6.54 Å². The average Bonchev–Trinajstić information content (AvgIpc) is 3.30. The van der Waals surface area contributed by atoms with E-state index >= 15 is 0 Å². The van der Waals surface area contributed by atoms with Crippen molar-refractivity contribution in [2.75, 3.05) is 44.2 Å². The van der Waals surface area contributed by atoms with E-state index in [1.807, 2.05) is 0 Å². The van der Waals surface area contributed by atoms with Crippen LogP contribution in [0.2, 0.25) is 5.02 Å². The summed E-state index contributed by atoms with van der Waals surface area (Å²) in [5.41, 5.74) is 2.46. The van der Waals surface area contributed by atoms with Crippen molar-refractivity contribution in [1.29, 1.82) is 0 Å². The highest BCUT2D eigenvalue weighted by Gasteiger charge is 2.26. The summed E-state index contributed by atoms with van der Waals surface area (Å²) in [7, 11) is 0. The number of nitrogens with one attached hydrogen (secondary N) is 1. The second-order valence-electron chi connectivity index (χ2n) is 6.30. The van der Waals surface area contributed by atoms with E-state index in [1.165, 1.54) is 43.7 Å². The van der Waals surface area contributed by atoms with Crippen LogP contribution in [0.3, 0.4) is 0 Å². The number of piperazine rings is 1. The van der Waals surface area contributed by atoms with Crippen molar-refractivity contribution < 1.29 is 0 Å². The fourth-order valence-electron chi connectivity index (χ4n) is 3.02. The maximum absolute atomic E-state index is 6.49. The molecule has 0 radical (unpaired) electrons. The molecule has 116 valence electrons. The number of nitrogens with zero attached hydrogens (tertiary/aromatic N) is 2. The van der Waals surface area contributed by atoms with Crippen LogP contribution in [0.4, 0.5) is 5.69 Å². The van der Waals surface area contributed by atoms with Gasteiger partial charge in [0.15, 0.2) is 0 Å². The zero-order valence-corrected chi connectivity index (χ0v) is 13.7. The molecule has 1 N–H and O–H groups in total. The topological polar surface area (TPSA) is 18.5 Å². The Morgan fingerprint density at radius 3 is 2.57 bits per heavy atom.